The first-order chi connectivity index (χ1) is 8.02. The fourth-order valence-corrected chi connectivity index (χ4v) is 1.41. The molecule has 0 bridgehead atoms. The average molecular weight is 242 g/mol. The molecule has 0 aliphatic carbocycles. The molecule has 90 valence electrons. The summed E-state index contributed by atoms with van der Waals surface area (Å²) in [5.41, 5.74) is 5.17. The number of nitrogens with zero attached hydrogens (tertiary/aromatic N) is 3. The van der Waals surface area contributed by atoms with Gasteiger partial charge in [0.25, 0.3) is 0 Å². The van der Waals surface area contributed by atoms with E-state index in [1.54, 1.807) is 12.1 Å². The van der Waals surface area contributed by atoms with Crippen molar-refractivity contribution in [1.82, 2.24) is 14.8 Å². The van der Waals surface area contributed by atoms with Crippen LogP contribution in [-0.4, -0.2) is 14.8 Å². The first kappa shape index (κ1) is 11.6. The molecule has 2 aromatic heterocycles. The van der Waals surface area contributed by atoms with E-state index in [4.69, 9.17) is 5.73 Å². The molecule has 0 saturated carbocycles. The van der Waals surface area contributed by atoms with Crippen molar-refractivity contribution in [2.45, 2.75) is 12.7 Å². The van der Waals surface area contributed by atoms with Gasteiger partial charge >= 0.3 is 6.18 Å². The molecule has 0 saturated heterocycles. The molecule has 0 spiro atoms. The van der Waals surface area contributed by atoms with Crippen LogP contribution < -0.4 is 5.73 Å². The minimum atomic E-state index is -4.47. The zero-order valence-electron chi connectivity index (χ0n) is 8.65. The third kappa shape index (κ3) is 2.28. The summed E-state index contributed by atoms with van der Waals surface area (Å²) >= 11 is 0. The van der Waals surface area contributed by atoms with Gasteiger partial charge in [0.05, 0.1) is 17.6 Å². The molecule has 0 aromatic carbocycles. The Labute approximate surface area is 94.9 Å². The maximum atomic E-state index is 12.5. The Kier molecular flexibility index (Phi) is 2.84. The highest BCUT2D eigenvalue weighted by Gasteiger charge is 2.34. The molecule has 0 unspecified atom stereocenters. The first-order valence-electron chi connectivity index (χ1n) is 4.79. The van der Waals surface area contributed by atoms with Crippen LogP contribution in [-0.2, 0) is 12.7 Å². The van der Waals surface area contributed by atoms with E-state index in [9.17, 15) is 13.2 Å². The zero-order valence-corrected chi connectivity index (χ0v) is 8.65. The number of hydrogen-bond acceptors (Lipinski definition) is 3. The molecule has 0 radical (unpaired) electrons. The van der Waals surface area contributed by atoms with E-state index in [0.29, 0.717) is 5.69 Å². The Bertz CT molecular complexity index is 504. The summed E-state index contributed by atoms with van der Waals surface area (Å²) in [4.78, 5) is 3.83. The molecule has 4 nitrogen and oxygen atoms in total. The average Bonchev–Trinajstić information content (AvgIpc) is 2.73. The van der Waals surface area contributed by atoms with Crippen LogP contribution in [0.3, 0.4) is 0 Å². The maximum absolute atomic E-state index is 12.5. The van der Waals surface area contributed by atoms with Crippen molar-refractivity contribution in [2.75, 3.05) is 0 Å². The van der Waals surface area contributed by atoms with Crippen LogP contribution in [0.4, 0.5) is 13.2 Å². The Morgan fingerprint density at radius 2 is 2.12 bits per heavy atom. The summed E-state index contributed by atoms with van der Waals surface area (Å²) in [6.45, 7) is -0.0298. The van der Waals surface area contributed by atoms with Crippen LogP contribution in [0.5, 0.6) is 0 Å². The SMILES string of the molecule is NCc1cc(C(F)(F)F)nn1-c1cccnc1. The quantitative estimate of drug-likeness (QED) is 0.872. The Morgan fingerprint density at radius 3 is 2.65 bits per heavy atom. The van der Waals surface area contributed by atoms with Crippen LogP contribution in [0.15, 0.2) is 30.6 Å². The van der Waals surface area contributed by atoms with Crippen LogP contribution in [0, 0.1) is 0 Å². The molecule has 0 atom stereocenters. The predicted molar refractivity (Wildman–Crippen MR) is 54.3 cm³/mol. The Balaban J connectivity index is 2.51. The van der Waals surface area contributed by atoms with E-state index in [1.165, 1.54) is 12.4 Å². The molecule has 2 rings (SSSR count). The van der Waals surface area contributed by atoms with Crippen molar-refractivity contribution < 1.29 is 13.2 Å². The second-order valence-electron chi connectivity index (χ2n) is 3.35. The minimum absolute atomic E-state index is 0.0298. The molecular weight excluding hydrogens is 233 g/mol. The summed E-state index contributed by atoms with van der Waals surface area (Å²) in [7, 11) is 0. The van der Waals surface area contributed by atoms with Gasteiger partial charge in [-0.3, -0.25) is 4.98 Å². The Morgan fingerprint density at radius 1 is 1.35 bits per heavy atom. The van der Waals surface area contributed by atoms with Gasteiger partial charge in [-0.1, -0.05) is 0 Å². The van der Waals surface area contributed by atoms with Gasteiger partial charge in [-0.2, -0.15) is 18.3 Å². The number of aromatic nitrogens is 3. The van der Waals surface area contributed by atoms with Crippen molar-refractivity contribution in [3.05, 3.63) is 42.0 Å². The van der Waals surface area contributed by atoms with Crippen LogP contribution in [0.2, 0.25) is 0 Å². The number of halogens is 3. The molecule has 2 aromatic rings. The van der Waals surface area contributed by atoms with Crippen molar-refractivity contribution in [3.8, 4) is 5.69 Å². The molecule has 7 heteroatoms. The van der Waals surface area contributed by atoms with Crippen LogP contribution >= 0.6 is 0 Å². The van der Waals surface area contributed by atoms with Crippen molar-refractivity contribution >= 4 is 0 Å². The van der Waals surface area contributed by atoms with Gasteiger partial charge in [-0.15, -0.1) is 0 Å². The highest BCUT2D eigenvalue weighted by atomic mass is 19.4. The smallest absolute Gasteiger partial charge is 0.325 e. The number of pyridine rings is 1. The minimum Gasteiger partial charge on any atom is -0.325 e. The van der Waals surface area contributed by atoms with E-state index in [-0.39, 0.29) is 12.2 Å². The molecule has 2 heterocycles. The highest BCUT2D eigenvalue weighted by Crippen LogP contribution is 2.29. The Hall–Kier alpha value is -1.89. The predicted octanol–water partition coefficient (Wildman–Crippen LogP) is 1.74. The lowest BCUT2D eigenvalue weighted by Gasteiger charge is -2.04. The van der Waals surface area contributed by atoms with E-state index >= 15 is 0 Å². The van der Waals surface area contributed by atoms with Gasteiger partial charge in [-0.25, -0.2) is 4.68 Å². The lowest BCUT2D eigenvalue weighted by Crippen LogP contribution is -2.08. The van der Waals surface area contributed by atoms with E-state index in [0.717, 1.165) is 10.7 Å². The van der Waals surface area contributed by atoms with Gasteiger partial charge in [0.2, 0.25) is 0 Å². The molecular formula is C10H9F3N4. The van der Waals surface area contributed by atoms with E-state index in [2.05, 4.69) is 10.1 Å². The number of alkyl halides is 3. The summed E-state index contributed by atoms with van der Waals surface area (Å²) in [6.07, 6.45) is -1.52. The highest BCUT2D eigenvalue weighted by molar-refractivity contribution is 5.31. The van der Waals surface area contributed by atoms with Crippen molar-refractivity contribution in [1.29, 1.82) is 0 Å². The third-order valence-electron chi connectivity index (χ3n) is 2.17. The van der Waals surface area contributed by atoms with E-state index < -0.39 is 11.9 Å². The first-order valence-corrected chi connectivity index (χ1v) is 4.79. The van der Waals surface area contributed by atoms with Crippen LogP contribution in [0.25, 0.3) is 5.69 Å². The lowest BCUT2D eigenvalue weighted by atomic mass is 10.3. The number of nitrogens with two attached hydrogens (primary N) is 1. The van der Waals surface area contributed by atoms with Gasteiger partial charge in [0.1, 0.15) is 0 Å². The fraction of sp³-hybridized carbons (Fsp3) is 0.200. The number of hydrogen-bond donors (Lipinski definition) is 1. The summed E-state index contributed by atoms with van der Waals surface area (Å²) in [6, 6.07) is 4.16. The molecule has 0 aliphatic rings. The number of rotatable bonds is 2. The monoisotopic (exact) mass is 242 g/mol. The molecule has 2 N–H and O–H groups in total. The van der Waals surface area contributed by atoms with Gasteiger partial charge in [0, 0.05) is 12.7 Å². The zero-order chi connectivity index (χ0) is 12.5. The van der Waals surface area contributed by atoms with Crippen molar-refractivity contribution in [3.63, 3.8) is 0 Å². The fourth-order valence-electron chi connectivity index (χ4n) is 1.41. The van der Waals surface area contributed by atoms with Gasteiger partial charge in [-0.05, 0) is 18.2 Å². The normalized spacial score (nSPS) is 11.8. The second kappa shape index (κ2) is 4.17. The standard InChI is InChI=1S/C10H9F3N4/c11-10(12,13)9-4-8(5-14)17(16-9)7-2-1-3-15-6-7/h1-4,6H,5,14H2. The summed E-state index contributed by atoms with van der Waals surface area (Å²) in [5, 5.41) is 3.49. The summed E-state index contributed by atoms with van der Waals surface area (Å²) in [5.74, 6) is 0. The maximum Gasteiger partial charge on any atom is 0.435 e. The molecule has 0 fully saturated rings. The second-order valence-corrected chi connectivity index (χ2v) is 3.35. The summed E-state index contributed by atoms with van der Waals surface area (Å²) < 4.78 is 38.7. The topological polar surface area (TPSA) is 56.7 Å². The third-order valence-corrected chi connectivity index (χ3v) is 2.17. The molecule has 0 amide bonds. The van der Waals surface area contributed by atoms with Crippen LogP contribution in [0.1, 0.15) is 11.4 Å². The lowest BCUT2D eigenvalue weighted by molar-refractivity contribution is -0.141. The largest absolute Gasteiger partial charge is 0.435 e. The molecule has 0 aliphatic heterocycles. The van der Waals surface area contributed by atoms with E-state index in [1.807, 2.05) is 0 Å². The van der Waals surface area contributed by atoms with Gasteiger partial charge in [0.15, 0.2) is 5.69 Å². The van der Waals surface area contributed by atoms with Gasteiger partial charge < -0.3 is 5.73 Å². The van der Waals surface area contributed by atoms with Crippen molar-refractivity contribution in [2.24, 2.45) is 5.73 Å². The molecule has 17 heavy (non-hydrogen) atoms.